The van der Waals surface area contributed by atoms with E-state index >= 15 is 0 Å². The number of nitrogens with zero attached hydrogens (tertiary/aromatic N) is 2. The maximum absolute atomic E-state index is 4.41. The molecule has 0 aliphatic rings. The molecule has 2 aromatic heterocycles. The smallest absolute Gasteiger partial charge is 0.102 e. The molecule has 0 radical (unpaired) electrons. The Morgan fingerprint density at radius 3 is 2.81 bits per heavy atom. The molecule has 0 fully saturated rings. The normalized spacial score (nSPS) is 12.9. The third-order valence-electron chi connectivity index (χ3n) is 2.69. The highest BCUT2D eigenvalue weighted by Crippen LogP contribution is 2.31. The van der Waals surface area contributed by atoms with Crippen LogP contribution in [0.1, 0.15) is 24.3 Å². The summed E-state index contributed by atoms with van der Waals surface area (Å²) in [6.07, 6.45) is 3.09. The number of aryl methyl sites for hydroxylation is 1. The minimum Gasteiger partial charge on any atom is -0.312 e. The van der Waals surface area contributed by atoms with E-state index in [0.29, 0.717) is 6.04 Å². The Labute approximate surface area is 100 Å². The molecule has 1 N–H and O–H groups in total. The maximum Gasteiger partial charge on any atom is 0.102 e. The van der Waals surface area contributed by atoms with Gasteiger partial charge >= 0.3 is 0 Å². The molecular formula is C12H17N3S. The minimum atomic E-state index is 0.461. The highest BCUT2D eigenvalue weighted by Gasteiger charge is 2.11. The summed E-state index contributed by atoms with van der Waals surface area (Å²) in [5, 5.41) is 7.73. The van der Waals surface area contributed by atoms with Gasteiger partial charge in [0.2, 0.25) is 0 Å². The van der Waals surface area contributed by atoms with Crippen molar-refractivity contribution in [2.45, 2.75) is 19.4 Å². The van der Waals surface area contributed by atoms with Crippen molar-refractivity contribution in [2.75, 3.05) is 7.05 Å². The van der Waals surface area contributed by atoms with Gasteiger partial charge in [-0.05, 0) is 31.7 Å². The van der Waals surface area contributed by atoms with Gasteiger partial charge in [-0.1, -0.05) is 6.92 Å². The Morgan fingerprint density at radius 2 is 2.25 bits per heavy atom. The quantitative estimate of drug-likeness (QED) is 0.883. The van der Waals surface area contributed by atoms with E-state index in [2.05, 4.69) is 35.5 Å². The number of hydrogen-bond acceptors (Lipinski definition) is 3. The van der Waals surface area contributed by atoms with Crippen LogP contribution < -0.4 is 5.32 Å². The fourth-order valence-corrected chi connectivity index (χ4v) is 2.94. The standard InChI is InChI=1S/C12H17N3S/c1-4-9(13-2)11-5-6-12(16-11)10-7-8-15(3)14-10/h5-9,13H,4H2,1-3H3. The number of aromatic nitrogens is 2. The second-order valence-electron chi connectivity index (χ2n) is 3.83. The molecule has 0 saturated carbocycles. The van der Waals surface area contributed by atoms with Crippen LogP contribution in [0.2, 0.25) is 0 Å². The molecule has 16 heavy (non-hydrogen) atoms. The molecular weight excluding hydrogens is 218 g/mol. The minimum absolute atomic E-state index is 0.461. The van der Waals surface area contributed by atoms with Gasteiger partial charge in [0.1, 0.15) is 5.69 Å². The number of thiophene rings is 1. The molecule has 0 spiro atoms. The third-order valence-corrected chi connectivity index (χ3v) is 3.91. The van der Waals surface area contributed by atoms with Gasteiger partial charge in [-0.25, -0.2) is 0 Å². The van der Waals surface area contributed by atoms with Crippen molar-refractivity contribution >= 4 is 11.3 Å². The van der Waals surface area contributed by atoms with Gasteiger partial charge < -0.3 is 5.32 Å². The topological polar surface area (TPSA) is 29.9 Å². The highest BCUT2D eigenvalue weighted by atomic mass is 32.1. The van der Waals surface area contributed by atoms with Gasteiger partial charge in [0.15, 0.2) is 0 Å². The Balaban J connectivity index is 2.25. The lowest BCUT2D eigenvalue weighted by atomic mass is 10.2. The van der Waals surface area contributed by atoms with E-state index in [1.807, 2.05) is 36.3 Å². The molecule has 86 valence electrons. The van der Waals surface area contributed by atoms with Crippen molar-refractivity contribution in [1.29, 1.82) is 0 Å². The van der Waals surface area contributed by atoms with Crippen LogP contribution in [0.4, 0.5) is 0 Å². The molecule has 3 nitrogen and oxygen atoms in total. The zero-order valence-electron chi connectivity index (χ0n) is 9.90. The number of rotatable bonds is 4. The second-order valence-corrected chi connectivity index (χ2v) is 4.94. The van der Waals surface area contributed by atoms with Crippen molar-refractivity contribution < 1.29 is 0 Å². The summed E-state index contributed by atoms with van der Waals surface area (Å²) in [4.78, 5) is 2.62. The molecule has 0 aliphatic heterocycles. The summed E-state index contributed by atoms with van der Waals surface area (Å²) in [7, 11) is 3.95. The fraction of sp³-hybridized carbons (Fsp3) is 0.417. The molecule has 2 aromatic rings. The largest absolute Gasteiger partial charge is 0.312 e. The molecule has 1 atom stereocenters. The first-order chi connectivity index (χ1) is 7.74. The maximum atomic E-state index is 4.41. The van der Waals surface area contributed by atoms with Crippen molar-refractivity contribution in [1.82, 2.24) is 15.1 Å². The zero-order chi connectivity index (χ0) is 11.5. The molecule has 2 rings (SSSR count). The average Bonchev–Trinajstić information content (AvgIpc) is 2.89. The van der Waals surface area contributed by atoms with Crippen LogP contribution in [-0.4, -0.2) is 16.8 Å². The van der Waals surface area contributed by atoms with Crippen LogP contribution in [0, 0.1) is 0 Å². The monoisotopic (exact) mass is 235 g/mol. The molecule has 0 aromatic carbocycles. The first kappa shape index (κ1) is 11.4. The van der Waals surface area contributed by atoms with Crippen molar-refractivity contribution in [3.05, 3.63) is 29.3 Å². The van der Waals surface area contributed by atoms with Crippen LogP contribution in [0.5, 0.6) is 0 Å². The van der Waals surface area contributed by atoms with Gasteiger partial charge in [0.05, 0.1) is 4.88 Å². The summed E-state index contributed by atoms with van der Waals surface area (Å²) >= 11 is 1.82. The Hall–Kier alpha value is -1.13. The highest BCUT2D eigenvalue weighted by molar-refractivity contribution is 7.15. The molecule has 2 heterocycles. The van der Waals surface area contributed by atoms with Gasteiger partial charge in [0, 0.05) is 24.2 Å². The molecule has 0 bridgehead atoms. The lowest BCUT2D eigenvalue weighted by molar-refractivity contribution is 0.586. The zero-order valence-corrected chi connectivity index (χ0v) is 10.7. The van der Waals surface area contributed by atoms with Crippen LogP contribution in [0.3, 0.4) is 0 Å². The lowest BCUT2D eigenvalue weighted by Crippen LogP contribution is -2.13. The first-order valence-corrected chi connectivity index (χ1v) is 6.33. The van der Waals surface area contributed by atoms with E-state index in [4.69, 9.17) is 0 Å². The fourth-order valence-electron chi connectivity index (χ4n) is 1.77. The van der Waals surface area contributed by atoms with Crippen LogP contribution >= 0.6 is 11.3 Å². The van der Waals surface area contributed by atoms with Gasteiger partial charge in [-0.15, -0.1) is 11.3 Å². The van der Waals surface area contributed by atoms with E-state index in [0.717, 1.165) is 12.1 Å². The third kappa shape index (κ3) is 2.18. The van der Waals surface area contributed by atoms with E-state index in [9.17, 15) is 0 Å². The van der Waals surface area contributed by atoms with Gasteiger partial charge in [0.25, 0.3) is 0 Å². The van der Waals surface area contributed by atoms with E-state index in [1.54, 1.807) is 0 Å². The van der Waals surface area contributed by atoms with E-state index < -0.39 is 0 Å². The number of nitrogens with one attached hydrogen (secondary N) is 1. The Kier molecular flexibility index (Phi) is 3.41. The van der Waals surface area contributed by atoms with E-state index in [-0.39, 0.29) is 0 Å². The Morgan fingerprint density at radius 1 is 1.44 bits per heavy atom. The first-order valence-electron chi connectivity index (χ1n) is 5.51. The van der Waals surface area contributed by atoms with Crippen molar-refractivity contribution in [3.8, 4) is 10.6 Å². The molecule has 0 saturated heterocycles. The number of hydrogen-bond donors (Lipinski definition) is 1. The predicted octanol–water partition coefficient (Wildman–Crippen LogP) is 2.82. The molecule has 0 amide bonds. The summed E-state index contributed by atoms with van der Waals surface area (Å²) in [6.45, 7) is 2.20. The SMILES string of the molecule is CCC(NC)c1ccc(-c2ccn(C)n2)s1. The summed E-state index contributed by atoms with van der Waals surface area (Å²) in [5.41, 5.74) is 1.06. The van der Waals surface area contributed by atoms with Crippen LogP contribution in [0.15, 0.2) is 24.4 Å². The van der Waals surface area contributed by atoms with E-state index in [1.165, 1.54) is 9.75 Å². The van der Waals surface area contributed by atoms with Crippen molar-refractivity contribution in [3.63, 3.8) is 0 Å². The molecule has 0 aliphatic carbocycles. The Bertz CT molecular complexity index is 454. The summed E-state index contributed by atoms with van der Waals surface area (Å²) in [6, 6.07) is 6.86. The van der Waals surface area contributed by atoms with Crippen LogP contribution in [0.25, 0.3) is 10.6 Å². The second kappa shape index (κ2) is 4.80. The molecule has 4 heteroatoms. The van der Waals surface area contributed by atoms with Crippen LogP contribution in [-0.2, 0) is 7.05 Å². The lowest BCUT2D eigenvalue weighted by Gasteiger charge is -2.10. The predicted molar refractivity (Wildman–Crippen MR) is 68.6 cm³/mol. The molecule has 1 unspecified atom stereocenters. The average molecular weight is 235 g/mol. The van der Waals surface area contributed by atoms with Crippen molar-refractivity contribution in [2.24, 2.45) is 7.05 Å². The van der Waals surface area contributed by atoms with Gasteiger partial charge in [-0.2, -0.15) is 5.10 Å². The summed E-state index contributed by atoms with van der Waals surface area (Å²) < 4.78 is 1.84. The van der Waals surface area contributed by atoms with Gasteiger partial charge in [-0.3, -0.25) is 4.68 Å². The summed E-state index contributed by atoms with van der Waals surface area (Å²) in [5.74, 6) is 0.